The minimum absolute atomic E-state index is 0.0298. The molecule has 4 heteroatoms. The zero-order chi connectivity index (χ0) is 14.2. The van der Waals surface area contributed by atoms with E-state index >= 15 is 0 Å². The highest BCUT2D eigenvalue weighted by atomic mass is 35.5. The van der Waals surface area contributed by atoms with E-state index in [4.69, 9.17) is 23.2 Å². The van der Waals surface area contributed by atoms with Gasteiger partial charge in [0.2, 0.25) is 0 Å². The van der Waals surface area contributed by atoms with Crippen LogP contribution in [0, 0.1) is 19.7 Å². The molecule has 0 aliphatic heterocycles. The van der Waals surface area contributed by atoms with Crippen LogP contribution in [0.4, 0.5) is 4.39 Å². The van der Waals surface area contributed by atoms with Crippen molar-refractivity contribution in [1.82, 2.24) is 0 Å². The summed E-state index contributed by atoms with van der Waals surface area (Å²) in [5, 5.41) is 10.8. The van der Waals surface area contributed by atoms with Gasteiger partial charge in [-0.15, -0.1) is 0 Å². The lowest BCUT2D eigenvalue weighted by Gasteiger charge is -2.15. The van der Waals surface area contributed by atoms with Gasteiger partial charge in [-0.2, -0.15) is 0 Å². The third kappa shape index (κ3) is 2.92. The van der Waals surface area contributed by atoms with Crippen LogP contribution in [0.2, 0.25) is 10.0 Å². The molecule has 1 atom stereocenters. The Hall–Kier alpha value is -1.09. The highest BCUT2D eigenvalue weighted by Gasteiger charge is 2.16. The van der Waals surface area contributed by atoms with Crippen LogP contribution >= 0.6 is 23.2 Å². The first-order valence-corrected chi connectivity index (χ1v) is 6.55. The lowest BCUT2D eigenvalue weighted by Crippen LogP contribution is -2.02. The number of aliphatic hydroxyl groups excluding tert-OH is 1. The van der Waals surface area contributed by atoms with Gasteiger partial charge in [0.1, 0.15) is 11.9 Å². The van der Waals surface area contributed by atoms with Gasteiger partial charge in [0.15, 0.2) is 0 Å². The maximum atomic E-state index is 13.4. The Morgan fingerprint density at radius 3 is 2.26 bits per heavy atom. The van der Waals surface area contributed by atoms with E-state index < -0.39 is 11.9 Å². The van der Waals surface area contributed by atoms with Crippen molar-refractivity contribution in [2.75, 3.05) is 0 Å². The van der Waals surface area contributed by atoms with Crippen molar-refractivity contribution in [2.45, 2.75) is 20.0 Å². The first-order chi connectivity index (χ1) is 8.90. The van der Waals surface area contributed by atoms with Crippen molar-refractivity contribution < 1.29 is 9.50 Å². The van der Waals surface area contributed by atoms with Gasteiger partial charge >= 0.3 is 0 Å². The van der Waals surface area contributed by atoms with Crippen molar-refractivity contribution in [3.63, 3.8) is 0 Å². The fourth-order valence-electron chi connectivity index (χ4n) is 1.87. The Balaban J connectivity index is 2.46. The Bertz CT molecular complexity index is 626. The molecule has 1 nitrogen and oxygen atoms in total. The minimum Gasteiger partial charge on any atom is -0.384 e. The summed E-state index contributed by atoms with van der Waals surface area (Å²) < 4.78 is 13.4. The Morgan fingerprint density at radius 2 is 1.63 bits per heavy atom. The van der Waals surface area contributed by atoms with Crippen LogP contribution in [-0.4, -0.2) is 5.11 Å². The van der Waals surface area contributed by atoms with E-state index in [1.54, 1.807) is 12.1 Å². The first-order valence-electron chi connectivity index (χ1n) is 5.80. The zero-order valence-electron chi connectivity index (χ0n) is 10.5. The quantitative estimate of drug-likeness (QED) is 0.842. The number of rotatable bonds is 2. The van der Waals surface area contributed by atoms with E-state index in [2.05, 4.69) is 0 Å². The van der Waals surface area contributed by atoms with Gasteiger partial charge in [0, 0.05) is 10.6 Å². The second-order valence-electron chi connectivity index (χ2n) is 4.53. The van der Waals surface area contributed by atoms with Crippen molar-refractivity contribution in [1.29, 1.82) is 0 Å². The van der Waals surface area contributed by atoms with Crippen LogP contribution in [0.15, 0.2) is 30.3 Å². The van der Waals surface area contributed by atoms with E-state index in [-0.39, 0.29) is 5.02 Å². The summed E-state index contributed by atoms with van der Waals surface area (Å²) in [5.74, 6) is -0.557. The summed E-state index contributed by atoms with van der Waals surface area (Å²) >= 11 is 11.8. The molecule has 2 aromatic carbocycles. The molecular formula is C15H13Cl2FO. The lowest BCUT2D eigenvalue weighted by atomic mass is 9.98. The summed E-state index contributed by atoms with van der Waals surface area (Å²) in [6, 6.07) is 7.83. The normalized spacial score (nSPS) is 12.5. The molecule has 2 aromatic rings. The van der Waals surface area contributed by atoms with Gasteiger partial charge in [-0.25, -0.2) is 4.39 Å². The summed E-state index contributed by atoms with van der Waals surface area (Å²) in [5.41, 5.74) is 3.05. The van der Waals surface area contributed by atoms with E-state index in [1.165, 1.54) is 12.1 Å². The van der Waals surface area contributed by atoms with Gasteiger partial charge in [-0.1, -0.05) is 35.3 Å². The fraction of sp³-hybridized carbons (Fsp3) is 0.200. The largest absolute Gasteiger partial charge is 0.384 e. The molecule has 0 aliphatic carbocycles. The molecular weight excluding hydrogens is 286 g/mol. The van der Waals surface area contributed by atoms with Gasteiger partial charge in [0.05, 0.1) is 5.02 Å². The molecule has 0 spiro atoms. The van der Waals surface area contributed by atoms with E-state index in [9.17, 15) is 9.50 Å². The molecule has 2 rings (SSSR count). The maximum Gasteiger partial charge on any atom is 0.142 e. The third-order valence-corrected chi connectivity index (χ3v) is 3.80. The van der Waals surface area contributed by atoms with E-state index in [1.807, 2.05) is 19.9 Å². The number of benzene rings is 2. The molecule has 1 unspecified atom stereocenters. The maximum absolute atomic E-state index is 13.4. The number of aryl methyl sites for hydroxylation is 2. The monoisotopic (exact) mass is 298 g/mol. The second kappa shape index (κ2) is 5.49. The molecule has 0 heterocycles. The molecule has 1 N–H and O–H groups in total. The third-order valence-electron chi connectivity index (χ3n) is 3.17. The smallest absolute Gasteiger partial charge is 0.142 e. The van der Waals surface area contributed by atoms with E-state index in [0.29, 0.717) is 16.1 Å². The van der Waals surface area contributed by atoms with Crippen LogP contribution in [0.25, 0.3) is 0 Å². The molecule has 0 bridgehead atoms. The molecule has 0 aromatic heterocycles. The van der Waals surface area contributed by atoms with Crippen molar-refractivity contribution >= 4 is 23.2 Å². The summed E-state index contributed by atoms with van der Waals surface area (Å²) in [7, 11) is 0. The van der Waals surface area contributed by atoms with Gasteiger partial charge < -0.3 is 5.11 Å². The van der Waals surface area contributed by atoms with E-state index in [0.717, 1.165) is 11.1 Å². The molecule has 0 radical (unpaired) electrons. The van der Waals surface area contributed by atoms with Crippen LogP contribution in [0.1, 0.15) is 28.4 Å². The van der Waals surface area contributed by atoms with Crippen molar-refractivity contribution in [3.8, 4) is 0 Å². The Labute approximate surface area is 121 Å². The van der Waals surface area contributed by atoms with Crippen LogP contribution in [0.3, 0.4) is 0 Å². The predicted molar refractivity (Wildman–Crippen MR) is 76.4 cm³/mol. The summed E-state index contributed by atoms with van der Waals surface area (Å²) in [6.07, 6.45) is -0.974. The molecule has 0 saturated carbocycles. The lowest BCUT2D eigenvalue weighted by molar-refractivity contribution is 0.220. The number of hydrogen-bond donors (Lipinski definition) is 1. The average Bonchev–Trinajstić information content (AvgIpc) is 2.36. The van der Waals surface area contributed by atoms with Gasteiger partial charge in [-0.05, 0) is 48.7 Å². The van der Waals surface area contributed by atoms with Crippen LogP contribution in [0.5, 0.6) is 0 Å². The van der Waals surface area contributed by atoms with Crippen LogP contribution < -0.4 is 0 Å². The van der Waals surface area contributed by atoms with Gasteiger partial charge in [0.25, 0.3) is 0 Å². The first kappa shape index (κ1) is 14.3. The Morgan fingerprint density at radius 1 is 1.00 bits per heavy atom. The highest BCUT2D eigenvalue weighted by Crippen LogP contribution is 2.31. The molecule has 100 valence electrons. The highest BCUT2D eigenvalue weighted by molar-refractivity contribution is 6.31. The number of halogens is 3. The molecule has 0 aliphatic rings. The van der Waals surface area contributed by atoms with Crippen LogP contribution in [-0.2, 0) is 0 Å². The topological polar surface area (TPSA) is 20.2 Å². The molecule has 0 fully saturated rings. The Kier molecular flexibility index (Phi) is 4.14. The summed E-state index contributed by atoms with van der Waals surface area (Å²) in [4.78, 5) is 0. The van der Waals surface area contributed by atoms with Crippen molar-refractivity contribution in [3.05, 3.63) is 68.4 Å². The SMILES string of the molecule is Cc1cc(Cl)c(C(O)c2ccc(Cl)c(F)c2)cc1C. The molecule has 0 saturated heterocycles. The molecule has 0 amide bonds. The van der Waals surface area contributed by atoms with Gasteiger partial charge in [-0.3, -0.25) is 0 Å². The van der Waals surface area contributed by atoms with Crippen molar-refractivity contribution in [2.24, 2.45) is 0 Å². The number of aliphatic hydroxyl groups is 1. The predicted octanol–water partition coefficient (Wildman–Crippen LogP) is 4.83. The average molecular weight is 299 g/mol. The fourth-order valence-corrected chi connectivity index (χ4v) is 2.31. The second-order valence-corrected chi connectivity index (χ2v) is 5.35. The number of hydrogen-bond acceptors (Lipinski definition) is 1. The zero-order valence-corrected chi connectivity index (χ0v) is 12.1. The minimum atomic E-state index is -0.974. The summed E-state index contributed by atoms with van der Waals surface area (Å²) in [6.45, 7) is 3.88. The molecule has 19 heavy (non-hydrogen) atoms. The standard InChI is InChI=1S/C15H13Cl2FO/c1-8-5-11(13(17)6-9(8)2)15(19)10-3-4-12(16)14(18)7-10/h3-7,15,19H,1-2H3.